The Kier molecular flexibility index (Phi) is 4.40. The highest BCUT2D eigenvalue weighted by atomic mass is 32.2. The van der Waals surface area contributed by atoms with Gasteiger partial charge in [-0.15, -0.1) is 23.1 Å². The summed E-state index contributed by atoms with van der Waals surface area (Å²) < 4.78 is 0. The van der Waals surface area contributed by atoms with Crippen molar-refractivity contribution >= 4 is 34.8 Å². The Morgan fingerprint density at radius 3 is 2.35 bits per heavy atom. The number of carbonyl (C=O) groups is 1. The molecule has 1 aromatic carbocycles. The van der Waals surface area contributed by atoms with Gasteiger partial charge in [0, 0.05) is 9.77 Å². The van der Waals surface area contributed by atoms with Crippen LogP contribution >= 0.6 is 23.1 Å². The smallest absolute Gasteiger partial charge is 0.348 e. The van der Waals surface area contributed by atoms with Crippen LogP contribution in [0, 0.1) is 0 Å². The van der Waals surface area contributed by atoms with E-state index in [1.165, 1.54) is 16.2 Å². The van der Waals surface area contributed by atoms with Crippen LogP contribution in [0.25, 0.3) is 10.4 Å². The fraction of sp³-hybridized carbons (Fsp3) is 0.267. The van der Waals surface area contributed by atoms with E-state index in [2.05, 4.69) is 0 Å². The van der Waals surface area contributed by atoms with Crippen LogP contribution in [0.15, 0.2) is 29.2 Å². The summed E-state index contributed by atoms with van der Waals surface area (Å²) in [5.41, 5.74) is 8.39. The van der Waals surface area contributed by atoms with Crippen molar-refractivity contribution in [1.82, 2.24) is 0 Å². The van der Waals surface area contributed by atoms with Crippen molar-refractivity contribution in [3.05, 3.63) is 34.7 Å². The molecule has 0 saturated carbocycles. The predicted octanol–water partition coefficient (Wildman–Crippen LogP) is 4.54. The second-order valence-electron chi connectivity index (χ2n) is 4.78. The van der Waals surface area contributed by atoms with Crippen molar-refractivity contribution in [3.63, 3.8) is 0 Å². The van der Waals surface area contributed by atoms with Crippen molar-refractivity contribution in [2.24, 2.45) is 0 Å². The van der Waals surface area contributed by atoms with E-state index in [0.29, 0.717) is 5.69 Å². The first kappa shape index (κ1) is 14.9. The molecule has 0 bridgehead atoms. The summed E-state index contributed by atoms with van der Waals surface area (Å²) in [7, 11) is 0. The summed E-state index contributed by atoms with van der Waals surface area (Å²) in [4.78, 5) is 13.6. The van der Waals surface area contributed by atoms with Crippen LogP contribution in [-0.4, -0.2) is 17.3 Å². The highest BCUT2D eigenvalue weighted by Crippen LogP contribution is 2.42. The van der Waals surface area contributed by atoms with Gasteiger partial charge in [0.05, 0.1) is 5.69 Å². The lowest BCUT2D eigenvalue weighted by atomic mass is 9.98. The molecule has 5 heteroatoms. The number of carboxylic acid groups (broad SMARTS) is 1. The lowest BCUT2D eigenvalue weighted by Gasteiger charge is -2.09. The van der Waals surface area contributed by atoms with Crippen LogP contribution in [0.3, 0.4) is 0 Å². The van der Waals surface area contributed by atoms with Gasteiger partial charge in [-0.2, -0.15) is 0 Å². The molecule has 1 heterocycles. The fourth-order valence-corrected chi connectivity index (χ4v) is 3.77. The highest BCUT2D eigenvalue weighted by molar-refractivity contribution is 7.98. The van der Waals surface area contributed by atoms with E-state index in [4.69, 9.17) is 5.73 Å². The Labute approximate surface area is 126 Å². The number of anilines is 1. The zero-order valence-corrected chi connectivity index (χ0v) is 13.3. The summed E-state index contributed by atoms with van der Waals surface area (Å²) in [5, 5.41) is 9.24. The van der Waals surface area contributed by atoms with Crippen LogP contribution in [0.4, 0.5) is 5.69 Å². The number of hydrogen-bond donors (Lipinski definition) is 2. The predicted molar refractivity (Wildman–Crippen MR) is 87.0 cm³/mol. The average molecular weight is 307 g/mol. The molecule has 0 unspecified atom stereocenters. The molecule has 0 atom stereocenters. The maximum absolute atomic E-state index is 11.3. The first-order chi connectivity index (χ1) is 9.45. The van der Waals surface area contributed by atoms with Gasteiger partial charge in [0.25, 0.3) is 0 Å². The van der Waals surface area contributed by atoms with E-state index in [9.17, 15) is 9.90 Å². The molecule has 0 saturated heterocycles. The minimum Gasteiger partial charge on any atom is -0.477 e. The zero-order chi connectivity index (χ0) is 14.9. The highest BCUT2D eigenvalue weighted by Gasteiger charge is 2.23. The zero-order valence-electron chi connectivity index (χ0n) is 11.6. The third kappa shape index (κ3) is 2.69. The van der Waals surface area contributed by atoms with Crippen LogP contribution in [0.2, 0.25) is 0 Å². The number of nitrogens with two attached hydrogens (primary N) is 1. The van der Waals surface area contributed by atoms with E-state index >= 15 is 0 Å². The third-order valence-electron chi connectivity index (χ3n) is 3.11. The van der Waals surface area contributed by atoms with Gasteiger partial charge in [-0.1, -0.05) is 26.0 Å². The van der Waals surface area contributed by atoms with Crippen LogP contribution in [0.5, 0.6) is 0 Å². The molecule has 3 nitrogen and oxygen atoms in total. The number of thiophene rings is 1. The van der Waals surface area contributed by atoms with E-state index in [1.54, 1.807) is 11.8 Å². The summed E-state index contributed by atoms with van der Waals surface area (Å²) in [6, 6.07) is 8.13. The molecule has 0 aliphatic heterocycles. The fourth-order valence-electron chi connectivity index (χ4n) is 2.15. The standard InChI is InChI=1S/C15H17NO2S2/c1-8(2)11-12(16)14(15(17)18)20-13(11)9-4-6-10(19-3)7-5-9/h4-8H,16H2,1-3H3,(H,17,18). The lowest BCUT2D eigenvalue weighted by molar-refractivity contribution is 0.0703. The van der Waals surface area contributed by atoms with Crippen LogP contribution in [-0.2, 0) is 0 Å². The van der Waals surface area contributed by atoms with Gasteiger partial charge in [-0.05, 0) is 35.4 Å². The monoisotopic (exact) mass is 307 g/mol. The van der Waals surface area contributed by atoms with E-state index in [0.717, 1.165) is 16.0 Å². The number of benzene rings is 1. The second kappa shape index (κ2) is 5.89. The molecule has 2 aromatic rings. The van der Waals surface area contributed by atoms with Crippen LogP contribution < -0.4 is 5.73 Å². The third-order valence-corrected chi connectivity index (χ3v) is 5.11. The molecule has 106 valence electrons. The molecule has 0 aliphatic rings. The Morgan fingerprint density at radius 2 is 1.90 bits per heavy atom. The second-order valence-corrected chi connectivity index (χ2v) is 6.68. The molecule has 0 amide bonds. The Morgan fingerprint density at radius 1 is 1.30 bits per heavy atom. The Hall–Kier alpha value is -1.46. The molecule has 1 aromatic heterocycles. The number of carboxylic acids is 1. The van der Waals surface area contributed by atoms with Gasteiger partial charge in [0.1, 0.15) is 4.88 Å². The minimum atomic E-state index is -0.957. The molecule has 0 aliphatic carbocycles. The van der Waals surface area contributed by atoms with Gasteiger partial charge < -0.3 is 10.8 Å². The van der Waals surface area contributed by atoms with Crippen molar-refractivity contribution in [2.75, 3.05) is 12.0 Å². The largest absolute Gasteiger partial charge is 0.477 e. The number of rotatable bonds is 4. The number of aromatic carboxylic acids is 1. The van der Waals surface area contributed by atoms with Crippen molar-refractivity contribution in [1.29, 1.82) is 0 Å². The summed E-state index contributed by atoms with van der Waals surface area (Å²) in [6.07, 6.45) is 2.03. The van der Waals surface area contributed by atoms with Crippen LogP contribution in [0.1, 0.15) is 35.0 Å². The van der Waals surface area contributed by atoms with Gasteiger partial charge in [-0.25, -0.2) is 4.79 Å². The lowest BCUT2D eigenvalue weighted by Crippen LogP contribution is -2.00. The first-order valence-corrected chi connectivity index (χ1v) is 8.29. The quantitative estimate of drug-likeness (QED) is 0.814. The number of nitrogen functional groups attached to an aromatic ring is 1. The normalized spacial score (nSPS) is 11.0. The Balaban J connectivity index is 2.59. The summed E-state index contributed by atoms with van der Waals surface area (Å²) in [5.74, 6) is -0.768. The van der Waals surface area contributed by atoms with E-state index in [-0.39, 0.29) is 10.8 Å². The summed E-state index contributed by atoms with van der Waals surface area (Å²) >= 11 is 2.94. The van der Waals surface area contributed by atoms with Gasteiger partial charge in [0.2, 0.25) is 0 Å². The maximum Gasteiger partial charge on any atom is 0.348 e. The topological polar surface area (TPSA) is 63.3 Å². The number of thioether (sulfide) groups is 1. The summed E-state index contributed by atoms with van der Waals surface area (Å²) in [6.45, 7) is 4.06. The SMILES string of the molecule is CSc1ccc(-c2sc(C(=O)O)c(N)c2C(C)C)cc1. The van der Waals surface area contributed by atoms with Crippen molar-refractivity contribution in [2.45, 2.75) is 24.7 Å². The minimum absolute atomic E-state index is 0.189. The molecule has 3 N–H and O–H groups in total. The first-order valence-electron chi connectivity index (χ1n) is 6.25. The molecule has 0 fully saturated rings. The Bertz CT molecular complexity index is 630. The van der Waals surface area contributed by atoms with E-state index in [1.807, 2.05) is 44.4 Å². The molecular weight excluding hydrogens is 290 g/mol. The van der Waals surface area contributed by atoms with E-state index < -0.39 is 5.97 Å². The van der Waals surface area contributed by atoms with Gasteiger partial charge >= 0.3 is 5.97 Å². The number of hydrogen-bond acceptors (Lipinski definition) is 4. The average Bonchev–Trinajstić information content (AvgIpc) is 2.76. The molecule has 2 rings (SSSR count). The molecule has 20 heavy (non-hydrogen) atoms. The maximum atomic E-state index is 11.3. The molecule has 0 spiro atoms. The van der Waals surface area contributed by atoms with Crippen molar-refractivity contribution in [3.8, 4) is 10.4 Å². The van der Waals surface area contributed by atoms with Gasteiger partial charge in [0.15, 0.2) is 0 Å². The molecule has 0 radical (unpaired) electrons. The van der Waals surface area contributed by atoms with Gasteiger partial charge in [-0.3, -0.25) is 0 Å². The van der Waals surface area contributed by atoms with Crippen molar-refractivity contribution < 1.29 is 9.90 Å². The molecular formula is C15H17NO2S2.